The topological polar surface area (TPSA) is 81.2 Å². The van der Waals surface area contributed by atoms with E-state index in [1.807, 2.05) is 33.7 Å². The Morgan fingerprint density at radius 1 is 1.14 bits per heavy atom. The molecule has 7 nitrogen and oxygen atoms in total. The average molecular weight is 392 g/mol. The van der Waals surface area contributed by atoms with Gasteiger partial charge in [0.2, 0.25) is 0 Å². The van der Waals surface area contributed by atoms with E-state index in [2.05, 4.69) is 5.16 Å². The number of hydrogen-bond acceptors (Lipinski definition) is 5. The highest BCUT2D eigenvalue weighted by atomic mass is 16.5. The zero-order valence-electron chi connectivity index (χ0n) is 16.5. The van der Waals surface area contributed by atoms with Crippen LogP contribution in [0.5, 0.6) is 0 Å². The van der Waals surface area contributed by atoms with Crippen molar-refractivity contribution in [3.8, 4) is 0 Å². The third-order valence-electron chi connectivity index (χ3n) is 6.32. The molecular weight excluding hydrogens is 368 g/mol. The van der Waals surface area contributed by atoms with Crippen molar-refractivity contribution >= 4 is 16.8 Å². The van der Waals surface area contributed by atoms with Gasteiger partial charge in [0, 0.05) is 12.6 Å². The molecule has 1 unspecified atom stereocenters. The van der Waals surface area contributed by atoms with Crippen molar-refractivity contribution in [1.82, 2.24) is 19.6 Å². The number of hydrogen-bond donors (Lipinski definition) is 0. The van der Waals surface area contributed by atoms with Crippen molar-refractivity contribution in [1.29, 1.82) is 0 Å². The molecule has 2 fully saturated rings. The van der Waals surface area contributed by atoms with Crippen molar-refractivity contribution in [2.45, 2.75) is 57.5 Å². The van der Waals surface area contributed by atoms with Crippen molar-refractivity contribution < 1.29 is 9.32 Å². The Morgan fingerprint density at radius 3 is 2.69 bits per heavy atom. The number of amides is 1. The number of para-hydroxylation sites is 1. The third-order valence-corrected chi connectivity index (χ3v) is 6.32. The second-order valence-electron chi connectivity index (χ2n) is 8.05. The molecule has 0 bridgehead atoms. The van der Waals surface area contributed by atoms with E-state index < -0.39 is 0 Å². The first kappa shape index (κ1) is 18.1. The molecule has 2 aliphatic rings. The predicted molar refractivity (Wildman–Crippen MR) is 108 cm³/mol. The van der Waals surface area contributed by atoms with Gasteiger partial charge in [-0.25, -0.2) is 4.98 Å². The number of nitrogens with zero attached hydrogens (tertiary/aromatic N) is 4. The van der Waals surface area contributed by atoms with E-state index in [9.17, 15) is 9.59 Å². The van der Waals surface area contributed by atoms with E-state index in [1.165, 1.54) is 6.20 Å². The number of carbonyl (C=O) groups is 1. The van der Waals surface area contributed by atoms with E-state index in [1.54, 1.807) is 6.92 Å². The Bertz CT molecular complexity index is 1130. The van der Waals surface area contributed by atoms with Gasteiger partial charge in [0.1, 0.15) is 17.1 Å². The monoisotopic (exact) mass is 392 g/mol. The minimum Gasteiger partial charge on any atom is -0.361 e. The summed E-state index contributed by atoms with van der Waals surface area (Å²) in [6.07, 6.45) is 7.37. The van der Waals surface area contributed by atoms with E-state index in [4.69, 9.17) is 9.51 Å². The van der Waals surface area contributed by atoms with Crippen LogP contribution in [-0.2, 0) is 0 Å². The minimum absolute atomic E-state index is 0.0120. The molecule has 1 saturated carbocycles. The lowest BCUT2D eigenvalue weighted by molar-refractivity contribution is 0.0723. The molecule has 2 aromatic heterocycles. The van der Waals surface area contributed by atoms with Gasteiger partial charge in [-0.2, -0.15) is 0 Å². The molecule has 1 aliphatic carbocycles. The largest absolute Gasteiger partial charge is 0.361 e. The molecule has 0 spiro atoms. The Balaban J connectivity index is 1.65. The van der Waals surface area contributed by atoms with Crippen LogP contribution in [0.15, 0.2) is 39.8 Å². The van der Waals surface area contributed by atoms with Gasteiger partial charge in [-0.1, -0.05) is 30.1 Å². The number of benzene rings is 1. The summed E-state index contributed by atoms with van der Waals surface area (Å²) in [6.45, 7) is 2.38. The molecule has 3 aromatic rings. The molecule has 7 heteroatoms. The number of aromatic nitrogens is 3. The van der Waals surface area contributed by atoms with Gasteiger partial charge >= 0.3 is 0 Å². The quantitative estimate of drug-likeness (QED) is 0.677. The summed E-state index contributed by atoms with van der Waals surface area (Å²) in [7, 11) is 0. The number of fused-ring (bicyclic) bond motifs is 1. The third kappa shape index (κ3) is 2.96. The van der Waals surface area contributed by atoms with Crippen LogP contribution in [0.1, 0.15) is 72.6 Å². The molecule has 0 radical (unpaired) electrons. The normalized spacial score (nSPS) is 20.0. The number of likely N-dealkylation sites (tertiary alicyclic amines) is 1. The van der Waals surface area contributed by atoms with Crippen LogP contribution in [-0.4, -0.2) is 32.1 Å². The lowest BCUT2D eigenvalue weighted by Crippen LogP contribution is -2.36. The van der Waals surface area contributed by atoms with Crippen LogP contribution >= 0.6 is 0 Å². The first-order valence-electron chi connectivity index (χ1n) is 10.4. The molecule has 1 aromatic carbocycles. The number of aryl methyl sites for hydroxylation is 1. The smallest absolute Gasteiger partial charge is 0.261 e. The lowest BCUT2D eigenvalue weighted by Gasteiger charge is -2.28. The molecule has 3 heterocycles. The molecule has 1 saturated heterocycles. The second kappa shape index (κ2) is 7.13. The lowest BCUT2D eigenvalue weighted by atomic mass is 10.1. The highest BCUT2D eigenvalue weighted by Gasteiger charge is 2.36. The van der Waals surface area contributed by atoms with Crippen LogP contribution in [0, 0.1) is 6.92 Å². The Labute approximate surface area is 168 Å². The first-order chi connectivity index (χ1) is 14.1. The van der Waals surface area contributed by atoms with Crippen LogP contribution < -0.4 is 5.56 Å². The summed E-state index contributed by atoms with van der Waals surface area (Å²) in [4.78, 5) is 33.4. The molecule has 1 aliphatic heterocycles. The Hall–Kier alpha value is -2.96. The summed E-state index contributed by atoms with van der Waals surface area (Å²) in [6, 6.07) is 7.45. The zero-order chi connectivity index (χ0) is 20.0. The summed E-state index contributed by atoms with van der Waals surface area (Å²) in [5.41, 5.74) is 1.19. The summed E-state index contributed by atoms with van der Waals surface area (Å²) in [5.74, 6) is 1.13. The van der Waals surface area contributed by atoms with Gasteiger partial charge in [-0.05, 0) is 44.7 Å². The van der Waals surface area contributed by atoms with E-state index in [0.717, 1.165) is 44.3 Å². The van der Waals surface area contributed by atoms with Crippen molar-refractivity contribution in [2.24, 2.45) is 0 Å². The van der Waals surface area contributed by atoms with Crippen LogP contribution in [0.4, 0.5) is 0 Å². The highest BCUT2D eigenvalue weighted by Crippen LogP contribution is 2.37. The van der Waals surface area contributed by atoms with Gasteiger partial charge in [0.05, 0.1) is 23.1 Å². The SMILES string of the molecule is Cc1oncc1C(=O)N1CCCC1c1nc2ccccc2c(=O)n1C1CCCC1. The number of rotatable bonds is 3. The molecule has 29 heavy (non-hydrogen) atoms. The maximum Gasteiger partial charge on any atom is 0.261 e. The second-order valence-corrected chi connectivity index (χ2v) is 8.05. The minimum atomic E-state index is -0.213. The van der Waals surface area contributed by atoms with Crippen molar-refractivity contribution in [2.75, 3.05) is 6.54 Å². The van der Waals surface area contributed by atoms with Crippen molar-refractivity contribution in [3.05, 3.63) is 58.0 Å². The number of carbonyl (C=O) groups excluding carboxylic acids is 1. The maximum atomic E-state index is 13.4. The molecule has 1 amide bonds. The van der Waals surface area contributed by atoms with Gasteiger partial charge in [0.15, 0.2) is 0 Å². The average Bonchev–Trinajstić information content (AvgIpc) is 3.49. The van der Waals surface area contributed by atoms with Crippen LogP contribution in [0.25, 0.3) is 10.9 Å². The summed E-state index contributed by atoms with van der Waals surface area (Å²) >= 11 is 0. The fourth-order valence-corrected chi connectivity index (χ4v) is 4.85. The summed E-state index contributed by atoms with van der Waals surface area (Å²) in [5, 5.41) is 4.40. The van der Waals surface area contributed by atoms with E-state index >= 15 is 0 Å². The summed E-state index contributed by atoms with van der Waals surface area (Å²) < 4.78 is 6.99. The standard InChI is InChI=1S/C22H24N4O3/c1-14-17(13-23-29-14)21(27)25-12-6-11-19(25)20-24-18-10-5-4-9-16(18)22(28)26(20)15-7-2-3-8-15/h4-5,9-10,13,15,19H,2-3,6-8,11-12H2,1H3. The van der Waals surface area contributed by atoms with E-state index in [0.29, 0.717) is 28.8 Å². The maximum absolute atomic E-state index is 13.4. The zero-order valence-corrected chi connectivity index (χ0v) is 16.5. The van der Waals surface area contributed by atoms with Crippen LogP contribution in [0.3, 0.4) is 0 Å². The van der Waals surface area contributed by atoms with Gasteiger partial charge in [-0.3, -0.25) is 14.2 Å². The molecule has 0 N–H and O–H groups in total. The van der Waals surface area contributed by atoms with Gasteiger partial charge < -0.3 is 9.42 Å². The van der Waals surface area contributed by atoms with Crippen LogP contribution in [0.2, 0.25) is 0 Å². The van der Waals surface area contributed by atoms with Gasteiger partial charge in [-0.15, -0.1) is 0 Å². The molecule has 150 valence electrons. The fourth-order valence-electron chi connectivity index (χ4n) is 4.85. The Kier molecular flexibility index (Phi) is 4.45. The van der Waals surface area contributed by atoms with Gasteiger partial charge in [0.25, 0.3) is 11.5 Å². The molecule has 5 rings (SSSR count). The molecule has 1 atom stereocenters. The first-order valence-corrected chi connectivity index (χ1v) is 10.4. The Morgan fingerprint density at radius 2 is 1.93 bits per heavy atom. The fraction of sp³-hybridized carbons (Fsp3) is 0.455. The highest BCUT2D eigenvalue weighted by molar-refractivity contribution is 5.95. The van der Waals surface area contributed by atoms with E-state index in [-0.39, 0.29) is 23.6 Å². The van der Waals surface area contributed by atoms with Crippen molar-refractivity contribution in [3.63, 3.8) is 0 Å². The predicted octanol–water partition coefficient (Wildman–Crippen LogP) is 3.79. The molecular formula is C22H24N4O3.